The molecule has 2 aromatic rings. The van der Waals surface area contributed by atoms with Gasteiger partial charge in [0.15, 0.2) is 0 Å². The highest BCUT2D eigenvalue weighted by molar-refractivity contribution is 6.23. The van der Waals surface area contributed by atoms with Crippen LogP contribution in [0.25, 0.3) is 16.7 Å². The van der Waals surface area contributed by atoms with E-state index in [0.717, 1.165) is 0 Å². The topological polar surface area (TPSA) is 15.9 Å². The van der Waals surface area contributed by atoms with Crippen LogP contribution in [0.15, 0.2) is 65.5 Å². The molecule has 1 atom stereocenters. The van der Waals surface area contributed by atoms with Crippen molar-refractivity contribution in [3.8, 4) is 0 Å². The molecule has 6 aliphatic rings. The van der Waals surface area contributed by atoms with Gasteiger partial charge in [-0.15, -0.1) is 0 Å². The van der Waals surface area contributed by atoms with Crippen molar-refractivity contribution in [3.05, 3.63) is 87.6 Å². The first-order chi connectivity index (χ1) is 14.1. The van der Waals surface area contributed by atoms with Crippen LogP contribution in [0.5, 0.6) is 0 Å². The van der Waals surface area contributed by atoms with Gasteiger partial charge in [0.2, 0.25) is 22.8 Å². The smallest absolute Gasteiger partial charge is 0.199 e. The third kappa shape index (κ3) is 1.15. The maximum atomic E-state index is 2.58. The first-order valence-corrected chi connectivity index (χ1v) is 10.3. The Bertz CT molecular complexity index is 1620. The summed E-state index contributed by atoms with van der Waals surface area (Å²) in [4.78, 5) is 0. The maximum absolute atomic E-state index is 2.58. The van der Waals surface area contributed by atoms with Crippen LogP contribution in [-0.4, -0.2) is 29.7 Å². The van der Waals surface area contributed by atoms with Gasteiger partial charge in [0.05, 0.1) is 27.7 Å². The van der Waals surface area contributed by atoms with Gasteiger partial charge in [0.1, 0.15) is 0 Å². The summed E-state index contributed by atoms with van der Waals surface area (Å²) in [6, 6.07) is 9.24. The van der Waals surface area contributed by atoms with Crippen LogP contribution in [0.4, 0.5) is 0 Å². The molecule has 138 valence electrons. The minimum Gasteiger partial charge on any atom is -0.199 e. The fourth-order valence-corrected chi connectivity index (χ4v) is 6.51. The quantitative estimate of drug-likeness (QED) is 0.627. The summed E-state index contributed by atoms with van der Waals surface area (Å²) in [7, 11) is 0. The molecule has 0 bridgehead atoms. The first kappa shape index (κ1) is 14.6. The molecule has 0 saturated carbocycles. The fraction of sp³-hybridized carbons (Fsp3) is 0.200. The van der Waals surface area contributed by atoms with Crippen molar-refractivity contribution in [2.45, 2.75) is 33.6 Å². The molecule has 1 spiro atoms. The van der Waals surface area contributed by atoms with Gasteiger partial charge in [-0.05, 0) is 57.5 Å². The summed E-state index contributed by atoms with van der Waals surface area (Å²) in [5.41, 5.74) is 13.2. The molecule has 0 fully saturated rings. The predicted molar refractivity (Wildman–Crippen MR) is 113 cm³/mol. The van der Waals surface area contributed by atoms with Gasteiger partial charge in [-0.3, -0.25) is 0 Å². The largest absolute Gasteiger partial charge is 0.553 e. The first-order valence-electron chi connectivity index (χ1n) is 10.3. The van der Waals surface area contributed by atoms with Crippen LogP contribution in [0.2, 0.25) is 0 Å². The molecule has 0 aliphatic carbocycles. The predicted octanol–water partition coefficient (Wildman–Crippen LogP) is 2.20. The van der Waals surface area contributed by atoms with E-state index in [2.05, 4.69) is 94.5 Å². The minimum atomic E-state index is -0.470. The van der Waals surface area contributed by atoms with Crippen molar-refractivity contribution in [3.63, 3.8) is 0 Å². The van der Waals surface area contributed by atoms with Crippen LogP contribution in [0.1, 0.15) is 39.1 Å². The lowest BCUT2D eigenvalue weighted by Crippen LogP contribution is -2.70. The van der Waals surface area contributed by atoms with E-state index in [-0.39, 0.29) is 0 Å². The van der Waals surface area contributed by atoms with E-state index in [1.807, 2.05) is 0 Å². The van der Waals surface area contributed by atoms with Gasteiger partial charge in [-0.2, -0.15) is 9.13 Å². The van der Waals surface area contributed by atoms with Crippen molar-refractivity contribution < 1.29 is 9.15 Å². The molecular weight excluding hydrogens is 356 g/mol. The van der Waals surface area contributed by atoms with Crippen molar-refractivity contribution in [2.24, 2.45) is 0 Å². The number of nitrogens with zero attached hydrogens (tertiary/aromatic N) is 4. The molecule has 6 aliphatic heterocycles. The van der Waals surface area contributed by atoms with E-state index in [0.29, 0.717) is 0 Å². The SMILES string of the molecule is CC1=C2C=CC3=[N+]2C24n5c(ccc5C(C)=c5ccc(n52)=C3C)C(C)=C2C=CC1=[N+]24. The van der Waals surface area contributed by atoms with Gasteiger partial charge >= 0.3 is 5.91 Å². The van der Waals surface area contributed by atoms with E-state index in [9.17, 15) is 0 Å². The molecule has 4 nitrogen and oxygen atoms in total. The van der Waals surface area contributed by atoms with Crippen molar-refractivity contribution in [2.75, 3.05) is 0 Å². The zero-order chi connectivity index (χ0) is 19.4. The second kappa shape index (κ2) is 3.99. The molecular formula is C25H20N4+2. The average molecular weight is 376 g/mol. The molecule has 0 N–H and O–H groups in total. The lowest BCUT2D eigenvalue weighted by molar-refractivity contribution is -0.837. The highest BCUT2D eigenvalue weighted by Gasteiger charge is 2.71. The van der Waals surface area contributed by atoms with Crippen LogP contribution in [-0.2, 0) is 5.91 Å². The molecule has 4 heteroatoms. The van der Waals surface area contributed by atoms with Gasteiger partial charge in [-0.25, -0.2) is 0 Å². The maximum Gasteiger partial charge on any atom is 0.553 e. The Morgan fingerprint density at radius 2 is 1.14 bits per heavy atom. The van der Waals surface area contributed by atoms with E-state index >= 15 is 0 Å². The van der Waals surface area contributed by atoms with Crippen molar-refractivity contribution in [1.82, 2.24) is 9.13 Å². The molecule has 8 heterocycles. The van der Waals surface area contributed by atoms with Crippen molar-refractivity contribution in [1.29, 1.82) is 0 Å². The molecule has 0 aromatic carbocycles. The van der Waals surface area contributed by atoms with Gasteiger partial charge in [0.25, 0.3) is 0 Å². The molecule has 0 amide bonds. The standard InChI is InChI=1S/C25H20N4/c1-13-17-5-7-19-14(2)21-9-11-23-16(4)24-12-10-22-15(3)20-8-6-18(13)27(20)25(26(17)19,28(21)23)29(22)24/h5-12H,1-4H3/q+2. The van der Waals surface area contributed by atoms with E-state index in [1.165, 1.54) is 67.2 Å². The Kier molecular flexibility index (Phi) is 2.01. The lowest BCUT2D eigenvalue weighted by Gasteiger charge is -2.40. The molecule has 0 radical (unpaired) electrons. The third-order valence-corrected chi connectivity index (χ3v) is 7.80. The summed E-state index contributed by atoms with van der Waals surface area (Å²) in [6.45, 7) is 9.06. The Hall–Kier alpha value is -3.40. The van der Waals surface area contributed by atoms with Gasteiger partial charge < -0.3 is 0 Å². The van der Waals surface area contributed by atoms with E-state index < -0.39 is 5.91 Å². The second-order valence-electron chi connectivity index (χ2n) is 8.86. The average Bonchev–Trinajstić information content (AvgIpc) is 3.50. The minimum absolute atomic E-state index is 0.470. The molecule has 0 saturated heterocycles. The van der Waals surface area contributed by atoms with Crippen molar-refractivity contribution >= 4 is 28.1 Å². The number of rotatable bonds is 0. The van der Waals surface area contributed by atoms with Gasteiger partial charge in [-0.1, -0.05) is 9.15 Å². The third-order valence-electron chi connectivity index (χ3n) is 7.80. The molecule has 8 rings (SSSR count). The van der Waals surface area contributed by atoms with Crippen LogP contribution < -0.4 is 10.7 Å². The number of hydrogen-bond acceptors (Lipinski definition) is 0. The number of aromatic nitrogens is 2. The summed E-state index contributed by atoms with van der Waals surface area (Å²) >= 11 is 0. The van der Waals surface area contributed by atoms with Crippen LogP contribution >= 0.6 is 0 Å². The Morgan fingerprint density at radius 3 is 1.83 bits per heavy atom. The number of allylic oxidation sites excluding steroid dienone is 6. The molecule has 2 aromatic heterocycles. The van der Waals surface area contributed by atoms with Gasteiger partial charge in [0, 0.05) is 35.5 Å². The Morgan fingerprint density at radius 1 is 0.586 bits per heavy atom. The summed E-state index contributed by atoms with van der Waals surface area (Å²) < 4.78 is 10.3. The Balaban J connectivity index is 1.78. The fourth-order valence-electron chi connectivity index (χ4n) is 6.51. The zero-order valence-electron chi connectivity index (χ0n) is 16.9. The normalized spacial score (nSPS) is 26.5. The highest BCUT2D eigenvalue weighted by atomic mass is 15.6. The summed E-state index contributed by atoms with van der Waals surface area (Å²) in [5.74, 6) is -0.470. The van der Waals surface area contributed by atoms with Crippen LogP contribution in [0.3, 0.4) is 0 Å². The molecule has 1 unspecified atom stereocenters. The summed E-state index contributed by atoms with van der Waals surface area (Å²) in [6.07, 6.45) is 9.24. The van der Waals surface area contributed by atoms with E-state index in [4.69, 9.17) is 0 Å². The van der Waals surface area contributed by atoms with Crippen LogP contribution in [0, 0.1) is 0 Å². The summed E-state index contributed by atoms with van der Waals surface area (Å²) in [5, 5.41) is 2.62. The highest BCUT2D eigenvalue weighted by Crippen LogP contribution is 2.48. The monoisotopic (exact) mass is 376 g/mol. The van der Waals surface area contributed by atoms with E-state index in [1.54, 1.807) is 0 Å². The Labute approximate surface area is 168 Å². The second-order valence-corrected chi connectivity index (χ2v) is 8.86. The lowest BCUT2D eigenvalue weighted by atomic mass is 10.0. The zero-order valence-corrected chi connectivity index (χ0v) is 16.9. The molecule has 29 heavy (non-hydrogen) atoms. The number of hydrogen-bond donors (Lipinski definition) is 0.